The van der Waals surface area contributed by atoms with Gasteiger partial charge in [-0.1, -0.05) is 0 Å². The Hall–Kier alpha value is -3.95. The van der Waals surface area contributed by atoms with E-state index in [9.17, 15) is 9.59 Å². The molecular weight excluding hydrogens is 408 g/mol. The normalized spacial score (nSPS) is 16.6. The van der Waals surface area contributed by atoms with Crippen LogP contribution >= 0.6 is 0 Å². The number of nitrogens with one attached hydrogen (secondary N) is 2. The van der Waals surface area contributed by atoms with E-state index in [0.29, 0.717) is 23.9 Å². The second-order valence-electron chi connectivity index (χ2n) is 7.91. The Labute approximate surface area is 185 Å². The van der Waals surface area contributed by atoms with Gasteiger partial charge in [-0.05, 0) is 37.6 Å². The van der Waals surface area contributed by atoms with Crippen LogP contribution in [0.1, 0.15) is 23.8 Å². The zero-order chi connectivity index (χ0) is 22.2. The fourth-order valence-corrected chi connectivity index (χ4v) is 4.31. The summed E-state index contributed by atoms with van der Waals surface area (Å²) >= 11 is 0. The molecule has 1 saturated heterocycles. The number of carbonyl (C=O) groups excluding carboxylic acids is 2. The first-order valence-corrected chi connectivity index (χ1v) is 10.6. The number of imidazole rings is 1. The molecule has 1 atom stereocenters. The van der Waals surface area contributed by atoms with Crippen molar-refractivity contribution in [2.75, 3.05) is 34.8 Å². The molecule has 2 N–H and O–H groups in total. The number of amides is 3. The minimum Gasteiger partial charge on any atom is -0.366 e. The summed E-state index contributed by atoms with van der Waals surface area (Å²) in [6.07, 6.45) is 5.98. The van der Waals surface area contributed by atoms with Gasteiger partial charge in [-0.3, -0.25) is 15.0 Å². The quantitative estimate of drug-likeness (QED) is 0.655. The maximum absolute atomic E-state index is 13.4. The number of nitrogens with zero attached hydrogens (tertiary/aromatic N) is 6. The van der Waals surface area contributed by atoms with E-state index in [1.807, 2.05) is 36.7 Å². The molecular formula is C22H24N8O2. The average Bonchev–Trinajstić information content (AvgIpc) is 3.41. The first-order chi connectivity index (χ1) is 15.5. The van der Waals surface area contributed by atoms with Gasteiger partial charge >= 0.3 is 6.03 Å². The highest BCUT2D eigenvalue weighted by Crippen LogP contribution is 2.39. The zero-order valence-corrected chi connectivity index (χ0v) is 17.9. The van der Waals surface area contributed by atoms with Crippen LogP contribution in [-0.2, 0) is 7.05 Å². The van der Waals surface area contributed by atoms with Crippen LogP contribution in [0, 0.1) is 0 Å². The van der Waals surface area contributed by atoms with E-state index in [0.717, 1.165) is 36.5 Å². The van der Waals surface area contributed by atoms with E-state index in [1.165, 1.54) is 0 Å². The van der Waals surface area contributed by atoms with Gasteiger partial charge in [0.25, 0.3) is 5.91 Å². The lowest BCUT2D eigenvalue weighted by Gasteiger charge is -2.35. The van der Waals surface area contributed by atoms with Crippen LogP contribution < -0.4 is 20.4 Å². The van der Waals surface area contributed by atoms with Crippen molar-refractivity contribution in [2.45, 2.75) is 19.4 Å². The number of urea groups is 1. The summed E-state index contributed by atoms with van der Waals surface area (Å²) in [5, 5.41) is 5.68. The van der Waals surface area contributed by atoms with Crippen molar-refractivity contribution in [2.24, 2.45) is 7.05 Å². The van der Waals surface area contributed by atoms with Crippen LogP contribution in [-0.4, -0.2) is 57.1 Å². The Balaban J connectivity index is 1.45. The summed E-state index contributed by atoms with van der Waals surface area (Å²) in [5.74, 6) is 0.687. The molecule has 5 rings (SSSR count). The highest BCUT2D eigenvalue weighted by atomic mass is 16.2. The van der Waals surface area contributed by atoms with Gasteiger partial charge in [0.05, 0.1) is 29.9 Å². The lowest BCUT2D eigenvalue weighted by Crippen LogP contribution is -2.48. The Bertz CT molecular complexity index is 1190. The van der Waals surface area contributed by atoms with Gasteiger partial charge in [0.15, 0.2) is 5.82 Å². The third-order valence-electron chi connectivity index (χ3n) is 5.85. The van der Waals surface area contributed by atoms with Gasteiger partial charge in [0.1, 0.15) is 11.5 Å². The summed E-state index contributed by atoms with van der Waals surface area (Å²) in [7, 11) is 1.91. The third kappa shape index (κ3) is 3.43. The van der Waals surface area contributed by atoms with Gasteiger partial charge in [-0.2, -0.15) is 0 Å². The van der Waals surface area contributed by atoms with Gasteiger partial charge < -0.3 is 14.8 Å². The maximum Gasteiger partial charge on any atom is 0.329 e. The Morgan fingerprint density at radius 3 is 2.91 bits per heavy atom. The molecule has 5 heterocycles. The standard InChI is InChI=1S/C22H24N8O2/c1-3-24-21(31)16-4-5-17-20(26-16)30(15-7-9-29(17)12-15)22(32)27-19-10-14(6-8-25-19)18-11-23-13-28(18)2/h4-6,8,10-11,13,15H,3,7,9,12H2,1-2H3,(H,24,31)(H,25,27,32)/t15-/m0/s1. The molecule has 164 valence electrons. The van der Waals surface area contributed by atoms with Crippen LogP contribution in [0.2, 0.25) is 0 Å². The molecule has 1 fully saturated rings. The Morgan fingerprint density at radius 1 is 1.25 bits per heavy atom. The number of aryl methyl sites for hydroxylation is 1. The van der Waals surface area contributed by atoms with Crippen molar-refractivity contribution in [3.05, 3.63) is 48.7 Å². The van der Waals surface area contributed by atoms with Crippen LogP contribution in [0.4, 0.5) is 22.1 Å². The number of hydrogen-bond acceptors (Lipinski definition) is 6. The van der Waals surface area contributed by atoms with E-state index in [-0.39, 0.29) is 18.0 Å². The number of aromatic nitrogens is 4. The molecule has 10 heteroatoms. The zero-order valence-electron chi connectivity index (χ0n) is 17.9. The number of carbonyl (C=O) groups is 2. The molecule has 2 aliphatic rings. The Morgan fingerprint density at radius 2 is 2.12 bits per heavy atom. The van der Waals surface area contributed by atoms with Crippen LogP contribution in [0.3, 0.4) is 0 Å². The van der Waals surface area contributed by atoms with Crippen molar-refractivity contribution in [1.29, 1.82) is 0 Å². The summed E-state index contributed by atoms with van der Waals surface area (Å²) in [6, 6.07) is 6.94. The highest BCUT2D eigenvalue weighted by Gasteiger charge is 2.40. The third-order valence-corrected chi connectivity index (χ3v) is 5.85. The number of rotatable bonds is 4. The van der Waals surface area contributed by atoms with Gasteiger partial charge in [0.2, 0.25) is 0 Å². The monoisotopic (exact) mass is 432 g/mol. The van der Waals surface area contributed by atoms with E-state index in [2.05, 4.69) is 30.5 Å². The molecule has 3 aromatic heterocycles. The minimum atomic E-state index is -0.312. The maximum atomic E-state index is 13.4. The second-order valence-corrected chi connectivity index (χ2v) is 7.91. The minimum absolute atomic E-state index is 0.0141. The molecule has 3 amide bonds. The smallest absolute Gasteiger partial charge is 0.329 e. The first-order valence-electron chi connectivity index (χ1n) is 10.6. The molecule has 3 aromatic rings. The molecule has 2 aliphatic heterocycles. The SMILES string of the molecule is CCNC(=O)c1ccc2c(n1)N(C(=O)Nc1cc(-c3cncn3C)ccn1)[C@H]1CCN2C1. The number of anilines is 3. The topological polar surface area (TPSA) is 108 Å². The Kier molecular flexibility index (Phi) is 4.96. The molecule has 0 unspecified atom stereocenters. The summed E-state index contributed by atoms with van der Waals surface area (Å²) in [5.41, 5.74) is 2.98. The summed E-state index contributed by atoms with van der Waals surface area (Å²) < 4.78 is 1.90. The fraction of sp³-hybridized carbons (Fsp3) is 0.318. The van der Waals surface area contributed by atoms with E-state index >= 15 is 0 Å². The molecule has 0 radical (unpaired) electrons. The number of fused-ring (bicyclic) bond motifs is 4. The van der Waals surface area contributed by atoms with Gasteiger partial charge in [-0.15, -0.1) is 0 Å². The second kappa shape index (κ2) is 7.95. The lowest BCUT2D eigenvalue weighted by atomic mass is 10.1. The van der Waals surface area contributed by atoms with Crippen molar-refractivity contribution in [3.8, 4) is 11.3 Å². The van der Waals surface area contributed by atoms with Crippen molar-refractivity contribution >= 4 is 29.3 Å². The summed E-state index contributed by atoms with van der Waals surface area (Å²) in [4.78, 5) is 42.6. The highest BCUT2D eigenvalue weighted by molar-refractivity contribution is 6.05. The largest absolute Gasteiger partial charge is 0.366 e. The van der Waals surface area contributed by atoms with Gasteiger partial charge in [-0.25, -0.2) is 19.7 Å². The van der Waals surface area contributed by atoms with E-state index in [1.54, 1.807) is 29.7 Å². The molecule has 10 nitrogen and oxygen atoms in total. The number of hydrogen-bond donors (Lipinski definition) is 2. The lowest BCUT2D eigenvalue weighted by molar-refractivity contribution is 0.0951. The van der Waals surface area contributed by atoms with Crippen molar-refractivity contribution in [1.82, 2.24) is 24.8 Å². The fourth-order valence-electron chi connectivity index (χ4n) is 4.31. The predicted octanol–water partition coefficient (Wildman–Crippen LogP) is 2.26. The van der Waals surface area contributed by atoms with Crippen LogP contribution in [0.15, 0.2) is 43.0 Å². The average molecular weight is 432 g/mol. The number of pyridine rings is 2. The van der Waals surface area contributed by atoms with Gasteiger partial charge in [0, 0.05) is 38.4 Å². The van der Waals surface area contributed by atoms with Crippen molar-refractivity contribution in [3.63, 3.8) is 0 Å². The van der Waals surface area contributed by atoms with Crippen LogP contribution in [0.25, 0.3) is 11.3 Å². The first kappa shape index (κ1) is 20.0. The summed E-state index contributed by atoms with van der Waals surface area (Å²) in [6.45, 7) is 3.95. The molecule has 0 spiro atoms. The van der Waals surface area contributed by atoms with Crippen molar-refractivity contribution < 1.29 is 9.59 Å². The van der Waals surface area contributed by atoms with E-state index in [4.69, 9.17) is 0 Å². The van der Waals surface area contributed by atoms with E-state index < -0.39 is 0 Å². The van der Waals surface area contributed by atoms with Crippen LogP contribution in [0.5, 0.6) is 0 Å². The molecule has 0 aliphatic carbocycles. The molecule has 2 bridgehead atoms. The molecule has 32 heavy (non-hydrogen) atoms. The predicted molar refractivity (Wildman–Crippen MR) is 121 cm³/mol. The molecule has 0 saturated carbocycles. The molecule has 0 aromatic carbocycles.